The van der Waals surface area contributed by atoms with Crippen molar-refractivity contribution < 1.29 is 18.4 Å². The molecule has 0 radical (unpaired) electrons. The lowest BCUT2D eigenvalue weighted by Crippen LogP contribution is -2.15. The molecular formula is C20H15F2N5O2. The summed E-state index contributed by atoms with van der Waals surface area (Å²) in [4.78, 5) is 31.9. The lowest BCUT2D eigenvalue weighted by molar-refractivity contribution is -0.110. The van der Waals surface area contributed by atoms with Gasteiger partial charge in [0, 0.05) is 24.0 Å². The van der Waals surface area contributed by atoms with Gasteiger partial charge in [-0.2, -0.15) is 0 Å². The lowest BCUT2D eigenvalue weighted by atomic mass is 10.1. The van der Waals surface area contributed by atoms with Crippen LogP contribution in [0.15, 0.2) is 48.8 Å². The normalized spacial score (nSPS) is 10.3. The number of aryl methyl sites for hydroxylation is 1. The van der Waals surface area contributed by atoms with Crippen LogP contribution >= 0.6 is 0 Å². The average molecular weight is 395 g/mol. The summed E-state index contributed by atoms with van der Waals surface area (Å²) in [7, 11) is 0. The average Bonchev–Trinajstić information content (AvgIpc) is 2.69. The van der Waals surface area contributed by atoms with E-state index in [2.05, 4.69) is 20.6 Å². The van der Waals surface area contributed by atoms with Crippen molar-refractivity contribution in [2.75, 3.05) is 10.6 Å². The summed E-state index contributed by atoms with van der Waals surface area (Å²) in [5.74, 6) is -2.85. The van der Waals surface area contributed by atoms with Gasteiger partial charge in [-0.05, 0) is 42.8 Å². The van der Waals surface area contributed by atoms with E-state index >= 15 is 0 Å². The monoisotopic (exact) mass is 395 g/mol. The molecule has 9 heteroatoms. The molecule has 2 heterocycles. The highest BCUT2D eigenvalue weighted by molar-refractivity contribution is 6.30. The third-order valence-corrected chi connectivity index (χ3v) is 3.99. The molecule has 0 unspecified atom stereocenters. The summed E-state index contributed by atoms with van der Waals surface area (Å²) < 4.78 is 26.9. The Morgan fingerprint density at radius 2 is 1.83 bits per heavy atom. The summed E-state index contributed by atoms with van der Waals surface area (Å²) in [5, 5.41) is 11.9. The van der Waals surface area contributed by atoms with Crippen molar-refractivity contribution in [3.63, 3.8) is 0 Å². The number of benzene rings is 1. The summed E-state index contributed by atoms with van der Waals surface area (Å²) in [6, 6.07) is 7.60. The molecule has 0 aliphatic rings. The molecule has 29 heavy (non-hydrogen) atoms. The highest BCUT2D eigenvalue weighted by atomic mass is 19.1. The largest absolute Gasteiger partial charge is 0.320 e. The van der Waals surface area contributed by atoms with Crippen molar-refractivity contribution in [3.8, 4) is 11.1 Å². The molecule has 0 bridgehead atoms. The number of rotatable bonds is 5. The fourth-order valence-corrected chi connectivity index (χ4v) is 2.52. The van der Waals surface area contributed by atoms with Crippen LogP contribution in [0.3, 0.4) is 0 Å². The summed E-state index contributed by atoms with van der Waals surface area (Å²) in [6.45, 7) is 1.67. The number of aromatic nitrogens is 2. The predicted octanol–water partition coefficient (Wildman–Crippen LogP) is 3.57. The highest BCUT2D eigenvalue weighted by Crippen LogP contribution is 2.25. The number of amides is 2. The molecule has 7 nitrogen and oxygen atoms in total. The van der Waals surface area contributed by atoms with E-state index in [1.807, 2.05) is 0 Å². The minimum atomic E-state index is -0.968. The van der Waals surface area contributed by atoms with Crippen LogP contribution in [-0.4, -0.2) is 28.0 Å². The minimum Gasteiger partial charge on any atom is -0.320 e. The van der Waals surface area contributed by atoms with Crippen molar-refractivity contribution in [3.05, 3.63) is 71.7 Å². The number of nitrogens with one attached hydrogen (secondary N) is 3. The molecule has 2 amide bonds. The molecular weight excluding hydrogens is 380 g/mol. The fourth-order valence-electron chi connectivity index (χ4n) is 2.52. The SMILES string of the molecule is Cc1ncc(-c2ccnc(NC(=O)C=N)c2)cc1NC(=O)c1ccc(F)cc1F. The van der Waals surface area contributed by atoms with Gasteiger partial charge in [-0.25, -0.2) is 13.8 Å². The van der Waals surface area contributed by atoms with E-state index < -0.39 is 23.4 Å². The Morgan fingerprint density at radius 3 is 2.55 bits per heavy atom. The first kappa shape index (κ1) is 19.7. The number of halogens is 2. The smallest absolute Gasteiger partial charge is 0.267 e. The topological polar surface area (TPSA) is 108 Å². The molecule has 0 fully saturated rings. The van der Waals surface area contributed by atoms with Crippen LogP contribution in [0.2, 0.25) is 0 Å². The van der Waals surface area contributed by atoms with E-state index in [0.29, 0.717) is 34.8 Å². The van der Waals surface area contributed by atoms with Gasteiger partial charge in [-0.1, -0.05) is 0 Å². The zero-order valence-corrected chi connectivity index (χ0v) is 15.2. The molecule has 0 saturated heterocycles. The molecule has 3 aromatic rings. The maximum Gasteiger partial charge on any atom is 0.267 e. The second-order valence-electron chi connectivity index (χ2n) is 6.00. The van der Waals surface area contributed by atoms with Crippen molar-refractivity contribution >= 4 is 29.5 Å². The van der Waals surface area contributed by atoms with Crippen LogP contribution in [0.4, 0.5) is 20.3 Å². The first-order valence-corrected chi connectivity index (χ1v) is 8.38. The molecule has 3 N–H and O–H groups in total. The van der Waals surface area contributed by atoms with Gasteiger partial charge in [0.05, 0.1) is 23.2 Å². The maximum absolute atomic E-state index is 13.9. The Hall–Kier alpha value is -4.01. The van der Waals surface area contributed by atoms with E-state index in [4.69, 9.17) is 5.41 Å². The van der Waals surface area contributed by atoms with Gasteiger partial charge in [0.15, 0.2) is 0 Å². The van der Waals surface area contributed by atoms with Gasteiger partial charge in [0.2, 0.25) is 0 Å². The summed E-state index contributed by atoms with van der Waals surface area (Å²) in [6.07, 6.45) is 3.67. The van der Waals surface area contributed by atoms with Gasteiger partial charge >= 0.3 is 0 Å². The number of hydrogen-bond acceptors (Lipinski definition) is 5. The molecule has 3 rings (SSSR count). The number of carbonyl (C=O) groups is 2. The van der Waals surface area contributed by atoms with Crippen LogP contribution in [0.1, 0.15) is 16.1 Å². The van der Waals surface area contributed by atoms with E-state index in [1.54, 1.807) is 31.3 Å². The van der Waals surface area contributed by atoms with E-state index in [1.165, 1.54) is 6.20 Å². The Bertz CT molecular complexity index is 1120. The highest BCUT2D eigenvalue weighted by Gasteiger charge is 2.15. The molecule has 146 valence electrons. The molecule has 0 aliphatic heterocycles. The zero-order valence-electron chi connectivity index (χ0n) is 15.2. The number of anilines is 2. The van der Waals surface area contributed by atoms with Gasteiger partial charge in [0.25, 0.3) is 11.8 Å². The molecule has 0 spiro atoms. The van der Waals surface area contributed by atoms with Crippen molar-refractivity contribution in [1.29, 1.82) is 5.41 Å². The maximum atomic E-state index is 13.9. The van der Waals surface area contributed by atoms with E-state index in [0.717, 1.165) is 12.1 Å². The molecule has 2 aromatic heterocycles. The Kier molecular flexibility index (Phi) is 5.68. The predicted molar refractivity (Wildman–Crippen MR) is 104 cm³/mol. The van der Waals surface area contributed by atoms with Gasteiger partial charge in [0.1, 0.15) is 17.5 Å². The molecule has 0 aliphatic carbocycles. The summed E-state index contributed by atoms with van der Waals surface area (Å²) >= 11 is 0. The quantitative estimate of drug-likeness (QED) is 0.574. The van der Waals surface area contributed by atoms with Crippen molar-refractivity contribution in [1.82, 2.24) is 9.97 Å². The number of carbonyl (C=O) groups excluding carboxylic acids is 2. The van der Waals surface area contributed by atoms with Gasteiger partial charge < -0.3 is 16.0 Å². The Balaban J connectivity index is 1.88. The third-order valence-electron chi connectivity index (χ3n) is 3.99. The van der Waals surface area contributed by atoms with Crippen molar-refractivity contribution in [2.24, 2.45) is 0 Å². The van der Waals surface area contributed by atoms with Crippen LogP contribution < -0.4 is 10.6 Å². The molecule has 0 saturated carbocycles. The zero-order chi connectivity index (χ0) is 21.0. The number of hydrogen-bond donors (Lipinski definition) is 3. The Morgan fingerprint density at radius 1 is 1.03 bits per heavy atom. The summed E-state index contributed by atoms with van der Waals surface area (Å²) in [5.41, 5.74) is 1.81. The van der Waals surface area contributed by atoms with E-state index in [9.17, 15) is 18.4 Å². The van der Waals surface area contributed by atoms with Crippen LogP contribution in [0, 0.1) is 24.0 Å². The Labute approximate surface area is 164 Å². The first-order chi connectivity index (χ1) is 13.9. The molecule has 0 atom stereocenters. The second kappa shape index (κ2) is 8.34. The van der Waals surface area contributed by atoms with Crippen LogP contribution in [0.25, 0.3) is 11.1 Å². The van der Waals surface area contributed by atoms with Crippen LogP contribution in [0.5, 0.6) is 0 Å². The molecule has 1 aromatic carbocycles. The lowest BCUT2D eigenvalue weighted by Gasteiger charge is -2.11. The first-order valence-electron chi connectivity index (χ1n) is 8.38. The van der Waals surface area contributed by atoms with Gasteiger partial charge in [-0.3, -0.25) is 14.6 Å². The third kappa shape index (κ3) is 4.64. The second-order valence-corrected chi connectivity index (χ2v) is 6.00. The fraction of sp³-hybridized carbons (Fsp3) is 0.0500. The minimum absolute atomic E-state index is 0.246. The van der Waals surface area contributed by atoms with Gasteiger partial charge in [-0.15, -0.1) is 0 Å². The van der Waals surface area contributed by atoms with E-state index in [-0.39, 0.29) is 11.4 Å². The van der Waals surface area contributed by atoms with Crippen molar-refractivity contribution in [2.45, 2.75) is 6.92 Å². The number of nitrogens with zero attached hydrogens (tertiary/aromatic N) is 2. The number of pyridine rings is 2. The van der Waals surface area contributed by atoms with Crippen LogP contribution in [-0.2, 0) is 4.79 Å². The standard InChI is InChI=1S/C20H15F2N5O2/c1-11-17(26-20(29)15-3-2-14(21)8-16(15)22)6-13(10-25-11)12-4-5-24-18(7-12)27-19(28)9-23/h2-10,23H,1H3,(H,26,29)(H,24,27,28).